The summed E-state index contributed by atoms with van der Waals surface area (Å²) in [4.78, 5) is 23.2. The zero-order valence-corrected chi connectivity index (χ0v) is 20.0. The molecule has 0 radical (unpaired) electrons. The van der Waals surface area contributed by atoms with Gasteiger partial charge in [-0.2, -0.15) is 5.10 Å². The summed E-state index contributed by atoms with van der Waals surface area (Å²) in [6, 6.07) is 15.0. The number of nitrogens with two attached hydrogens (primary N) is 1. The number of benzene rings is 2. The number of aromatic nitrogens is 4. The molecule has 176 valence electrons. The Balaban J connectivity index is 1.78. The van der Waals surface area contributed by atoms with Gasteiger partial charge in [-0.1, -0.05) is 48.4 Å². The van der Waals surface area contributed by atoms with E-state index in [0.29, 0.717) is 29.3 Å². The Bertz CT molecular complexity index is 1460. The first-order valence-corrected chi connectivity index (χ1v) is 11.2. The molecule has 8 nitrogen and oxygen atoms in total. The molecule has 0 spiro atoms. The molecule has 8 heteroatoms. The van der Waals surface area contributed by atoms with E-state index in [2.05, 4.69) is 34.2 Å². The summed E-state index contributed by atoms with van der Waals surface area (Å²) in [5, 5.41) is 10.4. The van der Waals surface area contributed by atoms with Gasteiger partial charge in [-0.3, -0.25) is 9.48 Å². The minimum atomic E-state index is -0.470. The van der Waals surface area contributed by atoms with Crippen LogP contribution in [0.2, 0.25) is 0 Å². The summed E-state index contributed by atoms with van der Waals surface area (Å²) >= 11 is 0. The topological polar surface area (TPSA) is 111 Å². The molecule has 0 aliphatic rings. The third-order valence-corrected chi connectivity index (χ3v) is 5.50. The highest BCUT2D eigenvalue weighted by Crippen LogP contribution is 2.29. The number of amides is 1. The molecule has 1 unspecified atom stereocenters. The Morgan fingerprint density at radius 1 is 1.20 bits per heavy atom. The van der Waals surface area contributed by atoms with Gasteiger partial charge in [0.15, 0.2) is 5.82 Å². The Hall–Kier alpha value is -4.64. The van der Waals surface area contributed by atoms with Crippen molar-refractivity contribution in [2.24, 2.45) is 7.05 Å². The number of anilines is 2. The quantitative estimate of drug-likeness (QED) is 0.280. The summed E-state index contributed by atoms with van der Waals surface area (Å²) in [6.07, 6.45) is 1.70. The van der Waals surface area contributed by atoms with Crippen LogP contribution in [0.1, 0.15) is 41.5 Å². The van der Waals surface area contributed by atoms with Crippen molar-refractivity contribution in [1.29, 1.82) is 0 Å². The molecule has 1 amide bonds. The second-order valence-corrected chi connectivity index (χ2v) is 7.97. The first-order chi connectivity index (χ1) is 16.9. The molecule has 0 fully saturated rings. The van der Waals surface area contributed by atoms with Gasteiger partial charge in [0.05, 0.1) is 28.5 Å². The molecule has 2 aromatic heterocycles. The summed E-state index contributed by atoms with van der Waals surface area (Å²) in [6.45, 7) is 7.84. The van der Waals surface area contributed by atoms with Crippen molar-refractivity contribution in [1.82, 2.24) is 25.1 Å². The third-order valence-electron chi connectivity index (χ3n) is 5.50. The molecular weight excluding hydrogens is 438 g/mol. The molecule has 2 heterocycles. The van der Waals surface area contributed by atoms with E-state index in [1.165, 1.54) is 0 Å². The molecule has 0 bridgehead atoms. The molecule has 0 saturated heterocycles. The standard InChI is InChI=1S/C27H27N7O/c1-5-11-18-14-10-15-20-23(18)32-24(19-12-8-7-9-13-19)22(31-20)17(3)30-27(35)21-25(28)33-34(4)26(21)29-16-6-2/h6-10,12-15,17,29H,2,16H2,1,3-4H3,(H2,28,33)(H,30,35). The second-order valence-electron chi connectivity index (χ2n) is 7.97. The maximum atomic E-state index is 13.3. The Morgan fingerprint density at radius 3 is 2.69 bits per heavy atom. The van der Waals surface area contributed by atoms with Crippen molar-refractivity contribution in [2.75, 3.05) is 17.6 Å². The van der Waals surface area contributed by atoms with Crippen molar-refractivity contribution < 1.29 is 4.79 Å². The van der Waals surface area contributed by atoms with Crippen LogP contribution < -0.4 is 16.4 Å². The number of hydrogen-bond acceptors (Lipinski definition) is 6. The highest BCUT2D eigenvalue weighted by Gasteiger charge is 2.25. The lowest BCUT2D eigenvalue weighted by atomic mass is 10.0. The van der Waals surface area contributed by atoms with Crippen LogP contribution in [-0.4, -0.2) is 32.2 Å². The van der Waals surface area contributed by atoms with Crippen molar-refractivity contribution in [3.63, 3.8) is 0 Å². The average Bonchev–Trinajstić information content (AvgIpc) is 3.15. The summed E-state index contributed by atoms with van der Waals surface area (Å²) in [5.41, 5.74) is 10.8. The van der Waals surface area contributed by atoms with E-state index >= 15 is 0 Å². The minimum absolute atomic E-state index is 0.138. The second kappa shape index (κ2) is 10.1. The Kier molecular flexibility index (Phi) is 6.78. The fourth-order valence-corrected chi connectivity index (χ4v) is 3.91. The van der Waals surface area contributed by atoms with Crippen LogP contribution in [0, 0.1) is 11.8 Å². The van der Waals surface area contributed by atoms with Crippen molar-refractivity contribution in [3.8, 4) is 23.1 Å². The van der Waals surface area contributed by atoms with Gasteiger partial charge in [0.2, 0.25) is 0 Å². The van der Waals surface area contributed by atoms with Crippen LogP contribution in [-0.2, 0) is 7.05 Å². The number of fused-ring (bicyclic) bond motifs is 1. The predicted molar refractivity (Wildman–Crippen MR) is 140 cm³/mol. The number of nitrogens with zero attached hydrogens (tertiary/aromatic N) is 4. The van der Waals surface area contributed by atoms with Crippen LogP contribution >= 0.6 is 0 Å². The molecule has 4 aromatic rings. The van der Waals surface area contributed by atoms with E-state index < -0.39 is 6.04 Å². The van der Waals surface area contributed by atoms with Crippen molar-refractivity contribution in [2.45, 2.75) is 19.9 Å². The molecule has 35 heavy (non-hydrogen) atoms. The zero-order valence-electron chi connectivity index (χ0n) is 20.0. The molecule has 0 aliphatic carbocycles. The average molecular weight is 466 g/mol. The van der Waals surface area contributed by atoms with Crippen LogP contribution in [0.5, 0.6) is 0 Å². The van der Waals surface area contributed by atoms with Gasteiger partial charge in [-0.05, 0) is 26.0 Å². The Morgan fingerprint density at radius 2 is 1.97 bits per heavy atom. The number of nitrogen functional groups attached to an aromatic ring is 1. The lowest BCUT2D eigenvalue weighted by Gasteiger charge is -2.18. The van der Waals surface area contributed by atoms with Crippen molar-refractivity contribution >= 4 is 28.6 Å². The SMILES string of the molecule is C=CCNc1c(C(=O)NC(C)c2nc3cccc(C#CC)c3nc2-c2ccccc2)c(N)nn1C. The van der Waals surface area contributed by atoms with E-state index in [4.69, 9.17) is 15.7 Å². The Labute approximate surface area is 204 Å². The number of nitrogens with one attached hydrogen (secondary N) is 2. The van der Waals surface area contributed by atoms with Gasteiger partial charge in [-0.25, -0.2) is 9.97 Å². The molecule has 1 atom stereocenters. The fraction of sp³-hybridized carbons (Fsp3) is 0.185. The van der Waals surface area contributed by atoms with Crippen LogP contribution in [0.3, 0.4) is 0 Å². The highest BCUT2D eigenvalue weighted by molar-refractivity contribution is 6.03. The lowest BCUT2D eigenvalue weighted by Crippen LogP contribution is -2.29. The number of rotatable bonds is 7. The fourth-order valence-electron chi connectivity index (χ4n) is 3.91. The summed E-state index contributed by atoms with van der Waals surface area (Å²) < 4.78 is 1.54. The van der Waals surface area contributed by atoms with Crippen LogP contribution in [0.15, 0.2) is 61.2 Å². The smallest absolute Gasteiger partial charge is 0.259 e. The predicted octanol–water partition coefficient (Wildman–Crippen LogP) is 4.07. The summed E-state index contributed by atoms with van der Waals surface area (Å²) in [5.74, 6) is 6.34. The number of para-hydroxylation sites is 1. The first kappa shape index (κ1) is 23.5. The monoisotopic (exact) mass is 465 g/mol. The molecule has 0 aliphatic heterocycles. The number of aryl methyl sites for hydroxylation is 1. The number of hydrogen-bond donors (Lipinski definition) is 3. The highest BCUT2D eigenvalue weighted by atomic mass is 16.1. The van der Waals surface area contributed by atoms with E-state index in [9.17, 15) is 4.79 Å². The number of carbonyl (C=O) groups excluding carboxylic acids is 1. The largest absolute Gasteiger partial charge is 0.381 e. The molecule has 0 saturated carbocycles. The number of carbonyl (C=O) groups is 1. The third kappa shape index (κ3) is 4.70. The van der Waals surface area contributed by atoms with E-state index in [1.54, 1.807) is 24.7 Å². The van der Waals surface area contributed by atoms with E-state index in [0.717, 1.165) is 16.6 Å². The molecule has 2 aromatic carbocycles. The van der Waals surface area contributed by atoms with Crippen LogP contribution in [0.25, 0.3) is 22.3 Å². The van der Waals surface area contributed by atoms with Gasteiger partial charge in [0.1, 0.15) is 16.9 Å². The van der Waals surface area contributed by atoms with Crippen LogP contribution in [0.4, 0.5) is 11.6 Å². The maximum Gasteiger partial charge on any atom is 0.259 e. The van der Waals surface area contributed by atoms with E-state index in [1.807, 2.05) is 55.5 Å². The zero-order chi connectivity index (χ0) is 24.9. The lowest BCUT2D eigenvalue weighted by molar-refractivity contribution is 0.0941. The molecule has 4 N–H and O–H groups in total. The maximum absolute atomic E-state index is 13.3. The molecular formula is C27H27N7O. The van der Waals surface area contributed by atoms with Gasteiger partial charge in [0.25, 0.3) is 5.91 Å². The van der Waals surface area contributed by atoms with Crippen molar-refractivity contribution in [3.05, 3.63) is 78.0 Å². The molecule has 4 rings (SSSR count). The van der Waals surface area contributed by atoms with Gasteiger partial charge >= 0.3 is 0 Å². The van der Waals surface area contributed by atoms with Gasteiger partial charge in [-0.15, -0.1) is 12.5 Å². The van der Waals surface area contributed by atoms with Gasteiger partial charge in [0, 0.05) is 19.2 Å². The summed E-state index contributed by atoms with van der Waals surface area (Å²) in [7, 11) is 1.72. The van der Waals surface area contributed by atoms with E-state index in [-0.39, 0.29) is 17.3 Å². The normalized spacial score (nSPS) is 11.4. The van der Waals surface area contributed by atoms with Gasteiger partial charge < -0.3 is 16.4 Å². The first-order valence-electron chi connectivity index (χ1n) is 11.2. The minimum Gasteiger partial charge on any atom is -0.381 e.